The van der Waals surface area contributed by atoms with Crippen molar-refractivity contribution < 1.29 is 9.59 Å². The predicted molar refractivity (Wildman–Crippen MR) is 79.8 cm³/mol. The molecule has 0 aliphatic rings. The van der Waals surface area contributed by atoms with Crippen LogP contribution in [-0.2, 0) is 9.59 Å². The molecule has 0 bridgehead atoms. The minimum Gasteiger partial charge on any atom is -0.347 e. The molecule has 1 atom stereocenters. The van der Waals surface area contributed by atoms with Crippen molar-refractivity contribution in [3.63, 3.8) is 0 Å². The lowest BCUT2D eigenvalue weighted by Crippen LogP contribution is -2.37. The molecule has 0 aromatic rings. The quantitative estimate of drug-likeness (QED) is 0.547. The Kier molecular flexibility index (Phi) is 11.6. The van der Waals surface area contributed by atoms with Gasteiger partial charge in [0.2, 0.25) is 5.91 Å². The zero-order chi connectivity index (χ0) is 14.5. The Hall–Kier alpha value is -0.860. The molecule has 0 spiro atoms. The Morgan fingerprint density at radius 3 is 1.89 bits per heavy atom. The van der Waals surface area contributed by atoms with Crippen LogP contribution in [0.25, 0.3) is 0 Å². The van der Waals surface area contributed by atoms with Crippen molar-refractivity contribution in [1.29, 1.82) is 0 Å². The van der Waals surface area contributed by atoms with Gasteiger partial charge in [-0.05, 0) is 13.3 Å². The summed E-state index contributed by atoms with van der Waals surface area (Å²) in [6.07, 6.45) is 11.7. The fourth-order valence-electron chi connectivity index (χ4n) is 1.99. The number of amides is 1. The second-order valence-corrected chi connectivity index (χ2v) is 5.33. The van der Waals surface area contributed by atoms with Crippen molar-refractivity contribution in [2.45, 2.75) is 84.1 Å². The van der Waals surface area contributed by atoms with Gasteiger partial charge in [0, 0.05) is 13.3 Å². The average molecular weight is 268 g/mol. The van der Waals surface area contributed by atoms with E-state index in [0.29, 0.717) is 6.42 Å². The van der Waals surface area contributed by atoms with Crippen LogP contribution in [0.5, 0.6) is 0 Å². The fourth-order valence-corrected chi connectivity index (χ4v) is 1.99. The standard InChI is InChI=1S/C16H30NO2/c1-4-5-6-7-8-9-10-11-12-13-16(19)17-14(2)15(3)18/h14H,3-13H2,1-2H3,(H,17,19)/t14-/m0/s1. The van der Waals surface area contributed by atoms with Crippen molar-refractivity contribution >= 4 is 11.7 Å². The number of rotatable bonds is 12. The van der Waals surface area contributed by atoms with E-state index in [4.69, 9.17) is 0 Å². The Morgan fingerprint density at radius 2 is 1.42 bits per heavy atom. The summed E-state index contributed by atoms with van der Waals surface area (Å²) in [5, 5.41) is 2.65. The van der Waals surface area contributed by atoms with Crippen LogP contribution in [0.3, 0.4) is 0 Å². The first-order valence-corrected chi connectivity index (χ1v) is 7.73. The highest BCUT2D eigenvalue weighted by Gasteiger charge is 2.10. The van der Waals surface area contributed by atoms with Crippen LogP contribution < -0.4 is 5.32 Å². The number of carbonyl (C=O) groups is 2. The third-order valence-corrected chi connectivity index (χ3v) is 3.37. The zero-order valence-corrected chi connectivity index (χ0v) is 12.7. The fraction of sp³-hybridized carbons (Fsp3) is 0.812. The maximum atomic E-state index is 11.5. The van der Waals surface area contributed by atoms with E-state index in [0.717, 1.165) is 12.8 Å². The molecule has 0 heterocycles. The average Bonchev–Trinajstić information content (AvgIpc) is 2.36. The molecule has 1 radical (unpaired) electrons. The number of hydrogen-bond acceptors (Lipinski definition) is 2. The second kappa shape index (κ2) is 12.2. The van der Waals surface area contributed by atoms with Crippen LogP contribution in [0.4, 0.5) is 0 Å². The molecular weight excluding hydrogens is 238 g/mol. The van der Waals surface area contributed by atoms with Crippen LogP contribution in [0, 0.1) is 6.92 Å². The predicted octanol–water partition coefficient (Wildman–Crippen LogP) is 3.82. The van der Waals surface area contributed by atoms with Gasteiger partial charge in [0.15, 0.2) is 5.78 Å². The summed E-state index contributed by atoms with van der Waals surface area (Å²) >= 11 is 0. The van der Waals surface area contributed by atoms with Gasteiger partial charge in [0.25, 0.3) is 0 Å². The minimum absolute atomic E-state index is 0.0348. The van der Waals surface area contributed by atoms with E-state index in [1.54, 1.807) is 6.92 Å². The normalized spacial score (nSPS) is 12.2. The van der Waals surface area contributed by atoms with Gasteiger partial charge in [-0.15, -0.1) is 0 Å². The van der Waals surface area contributed by atoms with Crippen LogP contribution in [0.2, 0.25) is 0 Å². The van der Waals surface area contributed by atoms with E-state index in [1.807, 2.05) is 0 Å². The molecule has 111 valence electrons. The summed E-state index contributed by atoms with van der Waals surface area (Å²) in [7, 11) is 0. The maximum absolute atomic E-state index is 11.5. The Labute approximate surface area is 118 Å². The number of carbonyl (C=O) groups excluding carboxylic acids is 2. The zero-order valence-electron chi connectivity index (χ0n) is 12.7. The van der Waals surface area contributed by atoms with Gasteiger partial charge in [0.05, 0.1) is 6.04 Å². The van der Waals surface area contributed by atoms with Crippen LogP contribution in [0.1, 0.15) is 78.1 Å². The Morgan fingerprint density at radius 1 is 0.947 bits per heavy atom. The van der Waals surface area contributed by atoms with Gasteiger partial charge in [-0.2, -0.15) is 0 Å². The van der Waals surface area contributed by atoms with Crippen molar-refractivity contribution in [3.05, 3.63) is 6.92 Å². The Balaban J connectivity index is 3.30. The molecule has 1 N–H and O–H groups in total. The molecule has 19 heavy (non-hydrogen) atoms. The monoisotopic (exact) mass is 268 g/mol. The van der Waals surface area contributed by atoms with Gasteiger partial charge in [0.1, 0.15) is 0 Å². The molecule has 3 nitrogen and oxygen atoms in total. The molecule has 0 saturated carbocycles. The van der Waals surface area contributed by atoms with E-state index in [-0.39, 0.29) is 11.7 Å². The molecule has 0 unspecified atom stereocenters. The van der Waals surface area contributed by atoms with E-state index in [2.05, 4.69) is 19.2 Å². The summed E-state index contributed by atoms with van der Waals surface area (Å²) in [6, 6.07) is -0.453. The summed E-state index contributed by atoms with van der Waals surface area (Å²) in [6.45, 7) is 7.19. The summed E-state index contributed by atoms with van der Waals surface area (Å²) in [5.41, 5.74) is 0. The number of hydrogen-bond donors (Lipinski definition) is 1. The van der Waals surface area contributed by atoms with Crippen molar-refractivity contribution in [1.82, 2.24) is 5.32 Å². The lowest BCUT2D eigenvalue weighted by molar-refractivity contribution is -0.125. The van der Waals surface area contributed by atoms with E-state index in [9.17, 15) is 9.59 Å². The molecule has 0 aliphatic heterocycles. The molecule has 0 rings (SSSR count). The van der Waals surface area contributed by atoms with Crippen LogP contribution in [-0.4, -0.2) is 17.7 Å². The second-order valence-electron chi connectivity index (χ2n) is 5.33. The first kappa shape index (κ1) is 18.1. The van der Waals surface area contributed by atoms with Gasteiger partial charge in [-0.3, -0.25) is 9.59 Å². The topological polar surface area (TPSA) is 46.2 Å². The lowest BCUT2D eigenvalue weighted by Gasteiger charge is -2.10. The largest absolute Gasteiger partial charge is 0.347 e. The van der Waals surface area contributed by atoms with E-state index in [1.165, 1.54) is 44.9 Å². The molecule has 1 amide bonds. The minimum atomic E-state index is -0.453. The SMILES string of the molecule is [CH2]C(=O)[C@H](C)NC(=O)CCCCCCCCCCC. The maximum Gasteiger partial charge on any atom is 0.220 e. The third kappa shape index (κ3) is 11.9. The Bertz CT molecular complexity index is 251. The molecule has 3 heteroatoms. The van der Waals surface area contributed by atoms with E-state index >= 15 is 0 Å². The smallest absolute Gasteiger partial charge is 0.220 e. The molecular formula is C16H30NO2. The molecule has 0 fully saturated rings. The number of nitrogens with one attached hydrogen (secondary N) is 1. The highest BCUT2D eigenvalue weighted by atomic mass is 16.2. The van der Waals surface area contributed by atoms with E-state index < -0.39 is 6.04 Å². The molecule has 0 saturated heterocycles. The van der Waals surface area contributed by atoms with Gasteiger partial charge in [-0.1, -0.05) is 58.3 Å². The third-order valence-electron chi connectivity index (χ3n) is 3.37. The van der Waals surface area contributed by atoms with Crippen LogP contribution >= 0.6 is 0 Å². The number of ketones is 1. The highest BCUT2D eigenvalue weighted by molar-refractivity contribution is 5.91. The van der Waals surface area contributed by atoms with Crippen molar-refractivity contribution in [2.24, 2.45) is 0 Å². The number of Topliss-reactive ketones (excluding diaryl/α,β-unsaturated/α-hetero) is 1. The first-order chi connectivity index (χ1) is 9.07. The summed E-state index contributed by atoms with van der Waals surface area (Å²) in [5.74, 6) is -0.270. The van der Waals surface area contributed by atoms with Crippen molar-refractivity contribution in [3.8, 4) is 0 Å². The van der Waals surface area contributed by atoms with Crippen LogP contribution in [0.15, 0.2) is 0 Å². The molecule has 0 aromatic carbocycles. The summed E-state index contributed by atoms with van der Waals surface area (Å²) < 4.78 is 0. The van der Waals surface area contributed by atoms with Crippen molar-refractivity contribution in [2.75, 3.05) is 0 Å². The first-order valence-electron chi connectivity index (χ1n) is 7.73. The molecule has 0 aliphatic carbocycles. The summed E-state index contributed by atoms with van der Waals surface area (Å²) in [4.78, 5) is 22.4. The van der Waals surface area contributed by atoms with Gasteiger partial charge < -0.3 is 5.32 Å². The number of unbranched alkanes of at least 4 members (excludes halogenated alkanes) is 8. The van der Waals surface area contributed by atoms with Gasteiger partial charge in [-0.25, -0.2) is 0 Å². The lowest BCUT2D eigenvalue weighted by atomic mass is 10.1. The molecule has 0 aromatic heterocycles. The van der Waals surface area contributed by atoms with Gasteiger partial charge >= 0.3 is 0 Å². The highest BCUT2D eigenvalue weighted by Crippen LogP contribution is 2.10.